The lowest BCUT2D eigenvalue weighted by molar-refractivity contribution is 0.0984. The third-order valence-corrected chi connectivity index (χ3v) is 6.77. The zero-order valence-electron chi connectivity index (χ0n) is 15.7. The van der Waals surface area contributed by atoms with E-state index in [1.807, 2.05) is 29.2 Å². The highest BCUT2D eigenvalue weighted by Gasteiger charge is 2.29. The molecule has 2 aliphatic rings. The Morgan fingerprint density at radius 1 is 1.07 bits per heavy atom. The van der Waals surface area contributed by atoms with Crippen LogP contribution < -0.4 is 9.21 Å². The van der Waals surface area contributed by atoms with Gasteiger partial charge in [0.15, 0.2) is 0 Å². The van der Waals surface area contributed by atoms with Crippen LogP contribution in [-0.2, 0) is 16.4 Å². The lowest BCUT2D eigenvalue weighted by Gasteiger charge is -2.33. The summed E-state index contributed by atoms with van der Waals surface area (Å²) in [4.78, 5) is 15.1. The zero-order valence-corrected chi connectivity index (χ0v) is 16.5. The molecule has 1 unspecified atom stereocenters. The van der Waals surface area contributed by atoms with Crippen LogP contribution in [0.25, 0.3) is 0 Å². The van der Waals surface area contributed by atoms with Crippen molar-refractivity contribution in [3.05, 3.63) is 59.2 Å². The highest BCUT2D eigenvalue weighted by molar-refractivity contribution is 7.92. The van der Waals surface area contributed by atoms with Gasteiger partial charge in [-0.15, -0.1) is 0 Å². The Labute approximate surface area is 160 Å². The minimum Gasteiger partial charge on any atom is -0.308 e. The van der Waals surface area contributed by atoms with Crippen LogP contribution >= 0.6 is 0 Å². The van der Waals surface area contributed by atoms with Gasteiger partial charge in [0, 0.05) is 24.3 Å². The third kappa shape index (κ3) is 3.23. The molecule has 0 saturated heterocycles. The molecule has 4 rings (SSSR count). The number of rotatable bonds is 2. The smallest absolute Gasteiger partial charge is 0.258 e. The number of anilines is 2. The second-order valence-electron chi connectivity index (χ2n) is 7.49. The Kier molecular flexibility index (Phi) is 4.46. The Hall–Kier alpha value is -2.34. The molecule has 1 atom stereocenters. The zero-order chi connectivity index (χ0) is 19.2. The van der Waals surface area contributed by atoms with Gasteiger partial charge in [0.2, 0.25) is 10.0 Å². The van der Waals surface area contributed by atoms with Crippen molar-refractivity contribution in [2.24, 2.45) is 0 Å². The normalized spacial score (nSPS) is 19.4. The number of hydrogen-bond acceptors (Lipinski definition) is 3. The number of hydrogen-bond donors (Lipinski definition) is 0. The molecule has 2 heterocycles. The van der Waals surface area contributed by atoms with Gasteiger partial charge < -0.3 is 4.90 Å². The average Bonchev–Trinajstić information content (AvgIpc) is 2.66. The summed E-state index contributed by atoms with van der Waals surface area (Å²) in [5.41, 5.74) is 4.44. The molecule has 2 aliphatic heterocycles. The number of nitrogens with zero attached hydrogens (tertiary/aromatic N) is 2. The number of aryl methyl sites for hydroxylation is 1. The summed E-state index contributed by atoms with van der Waals surface area (Å²) in [7, 11) is -3.30. The Morgan fingerprint density at radius 3 is 2.63 bits per heavy atom. The molecule has 27 heavy (non-hydrogen) atoms. The topological polar surface area (TPSA) is 57.7 Å². The Balaban J connectivity index is 1.69. The summed E-state index contributed by atoms with van der Waals surface area (Å²) in [6.07, 6.45) is 3.72. The summed E-state index contributed by atoms with van der Waals surface area (Å²) in [6.45, 7) is 3.39. The molecule has 0 bridgehead atoms. The molecule has 2 aromatic rings. The van der Waals surface area contributed by atoms with Gasteiger partial charge in [-0.2, -0.15) is 0 Å². The molecular weight excluding hydrogens is 360 g/mol. The van der Waals surface area contributed by atoms with E-state index in [4.69, 9.17) is 0 Å². The molecule has 6 heteroatoms. The van der Waals surface area contributed by atoms with Gasteiger partial charge in [-0.3, -0.25) is 9.10 Å². The quantitative estimate of drug-likeness (QED) is 0.796. The summed E-state index contributed by atoms with van der Waals surface area (Å²) < 4.78 is 25.5. The summed E-state index contributed by atoms with van der Waals surface area (Å²) in [6, 6.07) is 13.5. The van der Waals surface area contributed by atoms with Crippen molar-refractivity contribution >= 4 is 27.3 Å². The molecule has 0 radical (unpaired) electrons. The first kappa shape index (κ1) is 18.0. The molecule has 0 aromatic heterocycles. The van der Waals surface area contributed by atoms with Crippen molar-refractivity contribution in [2.75, 3.05) is 28.6 Å². The van der Waals surface area contributed by atoms with Crippen LogP contribution in [0.5, 0.6) is 0 Å². The van der Waals surface area contributed by atoms with E-state index >= 15 is 0 Å². The van der Waals surface area contributed by atoms with Crippen molar-refractivity contribution in [2.45, 2.75) is 32.1 Å². The monoisotopic (exact) mass is 384 g/mol. The summed E-state index contributed by atoms with van der Waals surface area (Å²) in [5.74, 6) is 0.422. The van der Waals surface area contributed by atoms with E-state index in [-0.39, 0.29) is 5.91 Å². The number of fused-ring (bicyclic) bond motifs is 2. The van der Waals surface area contributed by atoms with Gasteiger partial charge in [0.25, 0.3) is 5.91 Å². The fourth-order valence-corrected chi connectivity index (χ4v) is 5.15. The molecule has 142 valence electrons. The maximum atomic E-state index is 13.2. The van der Waals surface area contributed by atoms with Crippen LogP contribution in [-0.4, -0.2) is 33.7 Å². The molecule has 0 fully saturated rings. The van der Waals surface area contributed by atoms with Crippen molar-refractivity contribution in [1.82, 2.24) is 0 Å². The molecule has 0 aliphatic carbocycles. The number of para-hydroxylation sites is 1. The van der Waals surface area contributed by atoms with Crippen LogP contribution in [0.2, 0.25) is 0 Å². The second-order valence-corrected chi connectivity index (χ2v) is 9.39. The molecule has 2 aromatic carbocycles. The maximum Gasteiger partial charge on any atom is 0.258 e. The van der Waals surface area contributed by atoms with Gasteiger partial charge in [0.05, 0.1) is 11.9 Å². The molecule has 0 N–H and O–H groups in total. The standard InChI is InChI=1S/C21H24N2O3S/c1-15-11-13-22(20-8-4-3-7-18(15)20)21(24)17-9-10-19-16(14-17)6-5-12-23(19)27(2,25)26/h3-4,7-10,14-15H,5-6,11-13H2,1-2H3. The van der Waals surface area contributed by atoms with Crippen LogP contribution in [0.3, 0.4) is 0 Å². The van der Waals surface area contributed by atoms with Crippen molar-refractivity contribution in [3.8, 4) is 0 Å². The van der Waals surface area contributed by atoms with Crippen molar-refractivity contribution < 1.29 is 13.2 Å². The maximum absolute atomic E-state index is 13.2. The molecule has 5 nitrogen and oxygen atoms in total. The van der Waals surface area contributed by atoms with Crippen LogP contribution in [0.15, 0.2) is 42.5 Å². The number of benzene rings is 2. The van der Waals surface area contributed by atoms with Gasteiger partial charge in [-0.25, -0.2) is 8.42 Å². The number of carbonyl (C=O) groups excluding carboxylic acids is 1. The van der Waals surface area contributed by atoms with E-state index in [0.29, 0.717) is 30.3 Å². The Morgan fingerprint density at radius 2 is 1.85 bits per heavy atom. The van der Waals surface area contributed by atoms with E-state index in [9.17, 15) is 13.2 Å². The second kappa shape index (κ2) is 6.68. The highest BCUT2D eigenvalue weighted by Crippen LogP contribution is 2.36. The minimum atomic E-state index is -3.30. The number of amides is 1. The molecular formula is C21H24N2O3S. The lowest BCUT2D eigenvalue weighted by atomic mass is 9.91. The molecule has 0 spiro atoms. The number of carbonyl (C=O) groups is 1. The van der Waals surface area contributed by atoms with Crippen LogP contribution in [0.1, 0.15) is 47.2 Å². The Bertz CT molecular complexity index is 1000. The highest BCUT2D eigenvalue weighted by atomic mass is 32.2. The molecule has 1 amide bonds. The van der Waals surface area contributed by atoms with E-state index in [2.05, 4.69) is 13.0 Å². The van der Waals surface area contributed by atoms with Crippen LogP contribution in [0.4, 0.5) is 11.4 Å². The van der Waals surface area contributed by atoms with Gasteiger partial charge >= 0.3 is 0 Å². The van der Waals surface area contributed by atoms with E-state index in [1.54, 1.807) is 12.1 Å². The van der Waals surface area contributed by atoms with E-state index < -0.39 is 10.0 Å². The van der Waals surface area contributed by atoms with Crippen molar-refractivity contribution in [1.29, 1.82) is 0 Å². The fourth-order valence-electron chi connectivity index (χ4n) is 4.16. The largest absolute Gasteiger partial charge is 0.308 e. The predicted molar refractivity (Wildman–Crippen MR) is 108 cm³/mol. The minimum absolute atomic E-state index is 0.0198. The third-order valence-electron chi connectivity index (χ3n) is 5.59. The SMILES string of the molecule is CC1CCN(C(=O)c2ccc3c(c2)CCCN3S(C)(=O)=O)c2ccccc21. The number of sulfonamides is 1. The van der Waals surface area contributed by atoms with Crippen molar-refractivity contribution in [3.63, 3.8) is 0 Å². The first-order valence-electron chi connectivity index (χ1n) is 9.37. The van der Waals surface area contributed by atoms with E-state index in [0.717, 1.165) is 30.5 Å². The average molecular weight is 385 g/mol. The first-order valence-corrected chi connectivity index (χ1v) is 11.2. The van der Waals surface area contributed by atoms with Crippen LogP contribution in [0, 0.1) is 0 Å². The summed E-state index contributed by atoms with van der Waals surface area (Å²) >= 11 is 0. The van der Waals surface area contributed by atoms with Gasteiger partial charge in [-0.1, -0.05) is 25.1 Å². The lowest BCUT2D eigenvalue weighted by Crippen LogP contribution is -2.37. The first-order chi connectivity index (χ1) is 12.9. The van der Waals surface area contributed by atoms with E-state index in [1.165, 1.54) is 16.1 Å². The predicted octanol–water partition coefficient (Wildman–Crippen LogP) is 3.55. The summed E-state index contributed by atoms with van der Waals surface area (Å²) in [5, 5.41) is 0. The molecule has 0 saturated carbocycles. The van der Waals surface area contributed by atoms with Gasteiger partial charge in [0.1, 0.15) is 0 Å². The van der Waals surface area contributed by atoms with Gasteiger partial charge in [-0.05, 0) is 60.6 Å². The fraction of sp³-hybridized carbons (Fsp3) is 0.381.